The molecule has 0 atom stereocenters. The molecule has 0 unspecified atom stereocenters. The summed E-state index contributed by atoms with van der Waals surface area (Å²) in [7, 11) is 0. The summed E-state index contributed by atoms with van der Waals surface area (Å²) in [5.41, 5.74) is 9.00. The first-order valence-electron chi connectivity index (χ1n) is 4.21. The lowest BCUT2D eigenvalue weighted by atomic mass is 9.89. The zero-order valence-corrected chi connectivity index (χ0v) is 8.23. The second kappa shape index (κ2) is 2.90. The molecule has 1 rings (SSSR count). The second-order valence-electron chi connectivity index (χ2n) is 4.13. The number of nitrogens with zero attached hydrogens (tertiary/aromatic N) is 1. The molecule has 0 aromatic carbocycles. The van der Waals surface area contributed by atoms with Gasteiger partial charge in [0, 0.05) is 12.0 Å². The predicted octanol–water partition coefficient (Wildman–Crippen LogP) is 1.47. The van der Waals surface area contributed by atoms with Gasteiger partial charge in [0.2, 0.25) is 0 Å². The summed E-state index contributed by atoms with van der Waals surface area (Å²) in [6.07, 6.45) is 0. The van der Waals surface area contributed by atoms with Gasteiger partial charge < -0.3 is 5.73 Å². The quantitative estimate of drug-likeness (QED) is 0.665. The number of H-pyrrole nitrogens is 1. The molecule has 0 saturated carbocycles. The van der Waals surface area contributed by atoms with Crippen LogP contribution in [0, 0.1) is 6.92 Å². The Morgan fingerprint density at radius 2 is 2.00 bits per heavy atom. The molecule has 0 aliphatic rings. The molecule has 3 nitrogen and oxygen atoms in total. The minimum Gasteiger partial charge on any atom is -0.325 e. The number of aromatic amines is 1. The normalized spacial score (nSPS) is 12.1. The molecular formula is C9H17N3. The molecule has 1 aromatic rings. The van der Waals surface area contributed by atoms with Crippen LogP contribution in [0.1, 0.15) is 37.7 Å². The Labute approximate surface area is 73.4 Å². The Morgan fingerprint density at radius 1 is 1.42 bits per heavy atom. The first-order chi connectivity index (χ1) is 5.46. The number of nitrogens with two attached hydrogens (primary N) is 1. The fourth-order valence-electron chi connectivity index (χ4n) is 1.36. The van der Waals surface area contributed by atoms with E-state index in [2.05, 4.69) is 37.9 Å². The van der Waals surface area contributed by atoms with Crippen molar-refractivity contribution in [3.63, 3.8) is 0 Å². The van der Waals surface area contributed by atoms with Gasteiger partial charge in [-0.25, -0.2) is 0 Å². The van der Waals surface area contributed by atoms with Gasteiger partial charge in [-0.1, -0.05) is 20.8 Å². The van der Waals surface area contributed by atoms with Crippen molar-refractivity contribution in [2.24, 2.45) is 5.73 Å². The Hall–Kier alpha value is -0.830. The zero-order valence-electron chi connectivity index (χ0n) is 8.23. The Balaban J connectivity index is 3.11. The largest absolute Gasteiger partial charge is 0.325 e. The summed E-state index contributed by atoms with van der Waals surface area (Å²) in [5, 5.41) is 7.21. The summed E-state index contributed by atoms with van der Waals surface area (Å²) >= 11 is 0. The fourth-order valence-corrected chi connectivity index (χ4v) is 1.36. The maximum Gasteiger partial charge on any atom is 0.0707 e. The number of rotatable bonds is 1. The van der Waals surface area contributed by atoms with Crippen LogP contribution in [0.3, 0.4) is 0 Å². The molecule has 0 spiro atoms. The molecule has 0 aliphatic heterocycles. The average molecular weight is 167 g/mol. The van der Waals surface area contributed by atoms with E-state index in [9.17, 15) is 0 Å². The molecule has 0 amide bonds. The van der Waals surface area contributed by atoms with Gasteiger partial charge in [0.25, 0.3) is 0 Å². The number of hydrogen-bond donors (Lipinski definition) is 2. The molecule has 3 heteroatoms. The van der Waals surface area contributed by atoms with Gasteiger partial charge in [-0.05, 0) is 12.5 Å². The van der Waals surface area contributed by atoms with Crippen molar-refractivity contribution in [3.05, 3.63) is 17.0 Å². The van der Waals surface area contributed by atoms with E-state index in [1.54, 1.807) is 0 Å². The fraction of sp³-hybridized carbons (Fsp3) is 0.667. The van der Waals surface area contributed by atoms with E-state index in [4.69, 9.17) is 5.73 Å². The van der Waals surface area contributed by atoms with Crippen molar-refractivity contribution >= 4 is 0 Å². The molecule has 0 saturated heterocycles. The molecule has 0 aliphatic carbocycles. The summed E-state index contributed by atoms with van der Waals surface area (Å²) in [6, 6.07) is 0. The lowest BCUT2D eigenvalue weighted by Crippen LogP contribution is -2.13. The zero-order chi connectivity index (χ0) is 9.35. The second-order valence-corrected chi connectivity index (χ2v) is 4.13. The highest BCUT2D eigenvalue weighted by Crippen LogP contribution is 2.24. The minimum absolute atomic E-state index is 0.105. The highest BCUT2D eigenvalue weighted by Gasteiger charge is 2.20. The van der Waals surface area contributed by atoms with Crippen molar-refractivity contribution in [1.82, 2.24) is 10.2 Å². The van der Waals surface area contributed by atoms with Gasteiger partial charge in [0.1, 0.15) is 0 Å². The highest BCUT2D eigenvalue weighted by atomic mass is 15.1. The van der Waals surface area contributed by atoms with E-state index in [1.807, 2.05) is 0 Å². The van der Waals surface area contributed by atoms with Gasteiger partial charge in [0.15, 0.2) is 0 Å². The number of aromatic nitrogens is 2. The Kier molecular flexibility index (Phi) is 2.24. The highest BCUT2D eigenvalue weighted by molar-refractivity contribution is 5.28. The third-order valence-electron chi connectivity index (χ3n) is 2.03. The van der Waals surface area contributed by atoms with Crippen molar-refractivity contribution in [2.75, 3.05) is 0 Å². The molecule has 1 aromatic heterocycles. The van der Waals surface area contributed by atoms with Crippen LogP contribution in [-0.2, 0) is 12.0 Å². The van der Waals surface area contributed by atoms with E-state index in [1.165, 1.54) is 5.56 Å². The molecule has 0 fully saturated rings. The van der Waals surface area contributed by atoms with E-state index in [-0.39, 0.29) is 5.41 Å². The SMILES string of the molecule is Cc1c(C(C)(C)C)n[nH]c1CN. The molecule has 0 radical (unpaired) electrons. The predicted molar refractivity (Wildman–Crippen MR) is 49.9 cm³/mol. The summed E-state index contributed by atoms with van der Waals surface area (Å²) in [6.45, 7) is 9.05. The third kappa shape index (κ3) is 1.50. The standard InChI is InChI=1S/C9H17N3/c1-6-7(5-10)11-12-8(6)9(2,3)4/h5,10H2,1-4H3,(H,11,12). The Bertz CT molecular complexity index is 268. The third-order valence-corrected chi connectivity index (χ3v) is 2.03. The minimum atomic E-state index is 0.105. The van der Waals surface area contributed by atoms with Gasteiger partial charge in [-0.2, -0.15) is 5.10 Å². The first-order valence-corrected chi connectivity index (χ1v) is 4.21. The summed E-state index contributed by atoms with van der Waals surface area (Å²) in [5.74, 6) is 0. The average Bonchev–Trinajstić information content (AvgIpc) is 2.29. The van der Waals surface area contributed by atoms with Crippen LogP contribution < -0.4 is 5.73 Å². The van der Waals surface area contributed by atoms with Crippen molar-refractivity contribution < 1.29 is 0 Å². The van der Waals surface area contributed by atoms with E-state index < -0.39 is 0 Å². The molecular weight excluding hydrogens is 150 g/mol. The van der Waals surface area contributed by atoms with Gasteiger partial charge >= 0.3 is 0 Å². The first kappa shape index (κ1) is 9.26. The number of nitrogens with one attached hydrogen (secondary N) is 1. The maximum absolute atomic E-state index is 5.54. The van der Waals surface area contributed by atoms with Crippen LogP contribution >= 0.6 is 0 Å². The molecule has 68 valence electrons. The molecule has 1 heterocycles. The van der Waals surface area contributed by atoms with E-state index in [0.29, 0.717) is 6.54 Å². The summed E-state index contributed by atoms with van der Waals surface area (Å²) < 4.78 is 0. The monoisotopic (exact) mass is 167 g/mol. The van der Waals surface area contributed by atoms with Crippen LogP contribution in [0.2, 0.25) is 0 Å². The topological polar surface area (TPSA) is 54.7 Å². The molecule has 12 heavy (non-hydrogen) atoms. The van der Waals surface area contributed by atoms with E-state index in [0.717, 1.165) is 11.4 Å². The van der Waals surface area contributed by atoms with Crippen molar-refractivity contribution in [1.29, 1.82) is 0 Å². The van der Waals surface area contributed by atoms with E-state index >= 15 is 0 Å². The molecule has 0 bridgehead atoms. The maximum atomic E-state index is 5.54. The van der Waals surface area contributed by atoms with Crippen molar-refractivity contribution in [3.8, 4) is 0 Å². The summed E-state index contributed by atoms with van der Waals surface area (Å²) in [4.78, 5) is 0. The van der Waals surface area contributed by atoms with Crippen LogP contribution in [0.4, 0.5) is 0 Å². The van der Waals surface area contributed by atoms with Crippen LogP contribution in [0.15, 0.2) is 0 Å². The molecule has 3 N–H and O–H groups in total. The smallest absolute Gasteiger partial charge is 0.0707 e. The van der Waals surface area contributed by atoms with Crippen LogP contribution in [-0.4, -0.2) is 10.2 Å². The van der Waals surface area contributed by atoms with Gasteiger partial charge in [-0.15, -0.1) is 0 Å². The van der Waals surface area contributed by atoms with Gasteiger partial charge in [0.05, 0.1) is 11.4 Å². The van der Waals surface area contributed by atoms with Gasteiger partial charge in [-0.3, -0.25) is 5.10 Å². The van der Waals surface area contributed by atoms with Crippen molar-refractivity contribution in [2.45, 2.75) is 39.7 Å². The van der Waals surface area contributed by atoms with Crippen LogP contribution in [0.25, 0.3) is 0 Å². The number of hydrogen-bond acceptors (Lipinski definition) is 2. The lowest BCUT2D eigenvalue weighted by molar-refractivity contribution is 0.563. The lowest BCUT2D eigenvalue weighted by Gasteiger charge is -2.16. The van der Waals surface area contributed by atoms with Crippen LogP contribution in [0.5, 0.6) is 0 Å². The Morgan fingerprint density at radius 3 is 2.25 bits per heavy atom.